The van der Waals surface area contributed by atoms with Crippen LogP contribution in [0.4, 0.5) is 5.69 Å². The van der Waals surface area contributed by atoms with Crippen LogP contribution in [0.15, 0.2) is 11.4 Å². The lowest BCUT2D eigenvalue weighted by Gasteiger charge is -2.11. The van der Waals surface area contributed by atoms with Gasteiger partial charge in [0.25, 0.3) is 0 Å². The van der Waals surface area contributed by atoms with E-state index in [1.807, 2.05) is 11.4 Å². The summed E-state index contributed by atoms with van der Waals surface area (Å²) in [7, 11) is 1.71. The second-order valence-electron chi connectivity index (χ2n) is 4.13. The summed E-state index contributed by atoms with van der Waals surface area (Å²) in [5, 5.41) is 8.18. The molecule has 1 amide bonds. The zero-order chi connectivity index (χ0) is 12.7. The summed E-state index contributed by atoms with van der Waals surface area (Å²) in [4.78, 5) is 12.1. The van der Waals surface area contributed by atoms with Crippen molar-refractivity contribution in [3.05, 3.63) is 16.3 Å². The first-order valence-electron chi connectivity index (χ1n) is 5.67. The van der Waals surface area contributed by atoms with Crippen molar-refractivity contribution in [2.45, 2.75) is 20.4 Å². The molecule has 4 nitrogen and oxygen atoms in total. The predicted molar refractivity (Wildman–Crippen MR) is 71.4 cm³/mol. The van der Waals surface area contributed by atoms with Gasteiger partial charge in [0.2, 0.25) is 5.91 Å². The highest BCUT2D eigenvalue weighted by molar-refractivity contribution is 7.10. The Bertz CT molecular complexity index is 352. The van der Waals surface area contributed by atoms with Crippen LogP contribution in [-0.4, -0.2) is 26.2 Å². The Kier molecular flexibility index (Phi) is 6.18. The maximum atomic E-state index is 11.0. The van der Waals surface area contributed by atoms with Crippen LogP contribution in [0, 0.1) is 5.92 Å². The van der Waals surface area contributed by atoms with Crippen molar-refractivity contribution in [3.63, 3.8) is 0 Å². The van der Waals surface area contributed by atoms with E-state index in [2.05, 4.69) is 17.6 Å². The highest BCUT2D eigenvalue weighted by Gasteiger charge is 2.06. The van der Waals surface area contributed by atoms with Crippen LogP contribution in [0.3, 0.4) is 0 Å². The van der Waals surface area contributed by atoms with Gasteiger partial charge in [-0.1, -0.05) is 6.92 Å². The van der Waals surface area contributed by atoms with Gasteiger partial charge in [-0.3, -0.25) is 4.79 Å². The molecule has 0 aliphatic rings. The second kappa shape index (κ2) is 7.42. The Labute approximate surface area is 106 Å². The van der Waals surface area contributed by atoms with Crippen LogP contribution in [-0.2, 0) is 16.1 Å². The minimum Gasteiger partial charge on any atom is -0.384 e. The summed E-state index contributed by atoms with van der Waals surface area (Å²) in [5.41, 5.74) is 0.911. The fourth-order valence-corrected chi connectivity index (χ4v) is 2.35. The van der Waals surface area contributed by atoms with Crippen molar-refractivity contribution in [2.75, 3.05) is 25.6 Å². The summed E-state index contributed by atoms with van der Waals surface area (Å²) in [6, 6.07) is 1.93. The van der Waals surface area contributed by atoms with Gasteiger partial charge in [0, 0.05) is 38.6 Å². The molecule has 96 valence electrons. The Balaban J connectivity index is 2.36. The van der Waals surface area contributed by atoms with E-state index < -0.39 is 0 Å². The lowest BCUT2D eigenvalue weighted by atomic mass is 10.2. The van der Waals surface area contributed by atoms with Gasteiger partial charge in [-0.05, 0) is 17.4 Å². The van der Waals surface area contributed by atoms with Gasteiger partial charge >= 0.3 is 0 Å². The zero-order valence-electron chi connectivity index (χ0n) is 10.6. The molecule has 0 aliphatic heterocycles. The zero-order valence-corrected chi connectivity index (χ0v) is 11.4. The molecule has 1 atom stereocenters. The number of amides is 1. The number of thiophene rings is 1. The minimum atomic E-state index is -0.0302. The number of nitrogens with one attached hydrogen (secondary N) is 2. The van der Waals surface area contributed by atoms with E-state index in [0.717, 1.165) is 30.3 Å². The number of hydrogen-bond acceptors (Lipinski definition) is 4. The van der Waals surface area contributed by atoms with Crippen molar-refractivity contribution in [3.8, 4) is 0 Å². The predicted octanol–water partition coefficient (Wildman–Crippen LogP) is 2.08. The van der Waals surface area contributed by atoms with Crippen LogP contribution < -0.4 is 10.6 Å². The Hall–Kier alpha value is -0.910. The third-order valence-corrected chi connectivity index (χ3v) is 3.21. The van der Waals surface area contributed by atoms with Crippen molar-refractivity contribution in [2.24, 2.45) is 5.92 Å². The molecule has 0 saturated carbocycles. The number of methoxy groups -OCH3 is 1. The maximum absolute atomic E-state index is 11.0. The Morgan fingerprint density at radius 3 is 3.00 bits per heavy atom. The highest BCUT2D eigenvalue weighted by Crippen LogP contribution is 2.21. The van der Waals surface area contributed by atoms with E-state index in [1.165, 1.54) is 6.92 Å². The molecule has 1 aromatic heterocycles. The third-order valence-electron chi connectivity index (χ3n) is 2.29. The summed E-state index contributed by atoms with van der Waals surface area (Å²) in [6.07, 6.45) is 0. The van der Waals surface area contributed by atoms with Gasteiger partial charge in [-0.15, -0.1) is 11.3 Å². The molecule has 0 saturated heterocycles. The van der Waals surface area contributed by atoms with Crippen LogP contribution in [0.1, 0.15) is 18.7 Å². The smallest absolute Gasteiger partial charge is 0.221 e. The molecular formula is C12H20N2O2S. The number of anilines is 1. The van der Waals surface area contributed by atoms with Crippen LogP contribution >= 0.6 is 11.3 Å². The molecule has 0 spiro atoms. The van der Waals surface area contributed by atoms with Gasteiger partial charge in [-0.25, -0.2) is 0 Å². The quantitative estimate of drug-likeness (QED) is 0.785. The number of carbonyl (C=O) groups excluding carboxylic acids is 1. The third kappa shape index (κ3) is 5.30. The summed E-state index contributed by atoms with van der Waals surface area (Å²) < 4.78 is 5.07. The van der Waals surface area contributed by atoms with E-state index in [-0.39, 0.29) is 5.91 Å². The number of rotatable bonds is 7. The molecule has 0 bridgehead atoms. The van der Waals surface area contributed by atoms with E-state index >= 15 is 0 Å². The van der Waals surface area contributed by atoms with Crippen molar-refractivity contribution in [1.29, 1.82) is 0 Å². The number of ether oxygens (including phenoxy) is 1. The largest absolute Gasteiger partial charge is 0.384 e. The molecule has 0 fully saturated rings. The van der Waals surface area contributed by atoms with Crippen molar-refractivity contribution >= 4 is 22.9 Å². The van der Waals surface area contributed by atoms with Crippen LogP contribution in [0.25, 0.3) is 0 Å². The first-order chi connectivity index (χ1) is 8.13. The monoisotopic (exact) mass is 256 g/mol. The molecule has 0 aliphatic carbocycles. The SMILES string of the molecule is COCC(C)CNCc1sccc1NC(C)=O. The van der Waals surface area contributed by atoms with Crippen LogP contribution in [0.2, 0.25) is 0 Å². The highest BCUT2D eigenvalue weighted by atomic mass is 32.1. The molecule has 17 heavy (non-hydrogen) atoms. The number of hydrogen-bond donors (Lipinski definition) is 2. The summed E-state index contributed by atoms with van der Waals surface area (Å²) in [6.45, 7) is 6.11. The molecular weight excluding hydrogens is 236 g/mol. The standard InChI is InChI=1S/C12H20N2O2S/c1-9(8-16-3)6-13-7-12-11(4-5-17-12)14-10(2)15/h4-5,9,13H,6-8H2,1-3H3,(H,14,15). The fourth-order valence-electron chi connectivity index (χ4n) is 1.55. The van der Waals surface area contributed by atoms with E-state index in [4.69, 9.17) is 4.74 Å². The average molecular weight is 256 g/mol. The first kappa shape index (κ1) is 14.2. The van der Waals surface area contributed by atoms with Crippen molar-refractivity contribution in [1.82, 2.24) is 5.32 Å². The maximum Gasteiger partial charge on any atom is 0.221 e. The molecule has 1 rings (SSSR count). The van der Waals surface area contributed by atoms with Gasteiger partial charge in [0.1, 0.15) is 0 Å². The van der Waals surface area contributed by atoms with E-state index in [0.29, 0.717) is 5.92 Å². The van der Waals surface area contributed by atoms with Crippen LogP contribution in [0.5, 0.6) is 0 Å². The van der Waals surface area contributed by atoms with Gasteiger partial charge in [0.15, 0.2) is 0 Å². The Morgan fingerprint density at radius 2 is 2.35 bits per heavy atom. The molecule has 0 aromatic carbocycles. The Morgan fingerprint density at radius 1 is 1.59 bits per heavy atom. The topological polar surface area (TPSA) is 50.4 Å². The van der Waals surface area contributed by atoms with E-state index in [9.17, 15) is 4.79 Å². The first-order valence-corrected chi connectivity index (χ1v) is 6.55. The normalized spacial score (nSPS) is 12.4. The molecule has 0 radical (unpaired) electrons. The van der Waals surface area contributed by atoms with Crippen molar-refractivity contribution < 1.29 is 9.53 Å². The number of carbonyl (C=O) groups is 1. The summed E-state index contributed by atoms with van der Waals surface area (Å²) >= 11 is 1.65. The lowest BCUT2D eigenvalue weighted by molar-refractivity contribution is -0.114. The van der Waals surface area contributed by atoms with Gasteiger partial charge in [0.05, 0.1) is 5.69 Å². The molecule has 5 heteroatoms. The van der Waals surface area contributed by atoms with Gasteiger partial charge in [-0.2, -0.15) is 0 Å². The molecule has 1 unspecified atom stereocenters. The minimum absolute atomic E-state index is 0.0302. The average Bonchev–Trinajstić information content (AvgIpc) is 2.65. The lowest BCUT2D eigenvalue weighted by Crippen LogP contribution is -2.23. The molecule has 2 N–H and O–H groups in total. The van der Waals surface area contributed by atoms with Gasteiger partial charge < -0.3 is 15.4 Å². The summed E-state index contributed by atoms with van der Waals surface area (Å²) in [5.74, 6) is 0.460. The second-order valence-corrected chi connectivity index (χ2v) is 5.13. The molecule has 1 heterocycles. The van der Waals surface area contributed by atoms with E-state index in [1.54, 1.807) is 18.4 Å². The molecule has 1 aromatic rings. The fraction of sp³-hybridized carbons (Fsp3) is 0.583.